The van der Waals surface area contributed by atoms with Crippen molar-refractivity contribution in [3.8, 4) is 22.4 Å². The Morgan fingerprint density at radius 2 is 1.70 bits per heavy atom. The minimum Gasteiger partial charge on any atom is -0.461 e. The molecule has 3 aromatic carbocycles. The molecule has 2 aliphatic heterocycles. The van der Waals surface area contributed by atoms with Crippen molar-refractivity contribution in [3.05, 3.63) is 95.9 Å². The molecule has 2 fully saturated rings. The van der Waals surface area contributed by atoms with E-state index in [1.807, 2.05) is 20.7 Å². The molecule has 0 N–H and O–H groups in total. The summed E-state index contributed by atoms with van der Waals surface area (Å²) in [6, 6.07) is 14.0. The van der Waals surface area contributed by atoms with Crippen LogP contribution in [0.15, 0.2) is 73.2 Å². The van der Waals surface area contributed by atoms with Crippen molar-refractivity contribution in [2.24, 2.45) is 0 Å². The molecule has 5 aromatic rings. The first-order chi connectivity index (χ1) is 24.2. The highest BCUT2D eigenvalue weighted by atomic mass is 19.3. The number of carbonyl (C=O) groups excluding carboxylic acids is 1. The summed E-state index contributed by atoms with van der Waals surface area (Å²) in [5.41, 5.74) is 3.60. The molecule has 4 heterocycles. The molecule has 0 atom stereocenters. The number of morpholine rings is 1. The number of alkyl halides is 2. The number of para-hydroxylation sites is 1. The maximum atomic E-state index is 15.3. The summed E-state index contributed by atoms with van der Waals surface area (Å²) in [6.45, 7) is 5.06. The van der Waals surface area contributed by atoms with Gasteiger partial charge in [-0.15, -0.1) is 0 Å². The second-order valence-corrected chi connectivity index (χ2v) is 12.5. The van der Waals surface area contributed by atoms with E-state index in [-0.39, 0.29) is 24.8 Å². The Kier molecular flexibility index (Phi) is 9.52. The molecular formula is C37H36F4N6O3. The number of anilines is 1. The van der Waals surface area contributed by atoms with Gasteiger partial charge in [0, 0.05) is 66.9 Å². The van der Waals surface area contributed by atoms with Gasteiger partial charge in [0.05, 0.1) is 55.0 Å². The number of rotatable bonds is 9. The van der Waals surface area contributed by atoms with Gasteiger partial charge in [-0.25, -0.2) is 18.6 Å². The summed E-state index contributed by atoms with van der Waals surface area (Å²) in [5, 5.41) is 4.61. The van der Waals surface area contributed by atoms with Crippen molar-refractivity contribution in [1.29, 1.82) is 0 Å². The highest BCUT2D eigenvalue weighted by molar-refractivity contribution is 5.92. The zero-order chi connectivity index (χ0) is 34.8. The van der Waals surface area contributed by atoms with E-state index in [1.165, 1.54) is 37.3 Å². The molecule has 7 rings (SSSR count). The molecule has 0 spiro atoms. The number of hydrogen-bond donors (Lipinski definition) is 0. The second kappa shape index (κ2) is 14.2. The van der Waals surface area contributed by atoms with E-state index in [0.717, 1.165) is 5.56 Å². The van der Waals surface area contributed by atoms with Gasteiger partial charge in [0.1, 0.15) is 11.6 Å². The lowest BCUT2D eigenvalue weighted by Gasteiger charge is -2.34. The monoisotopic (exact) mass is 688 g/mol. The van der Waals surface area contributed by atoms with Crippen molar-refractivity contribution in [3.63, 3.8) is 0 Å². The van der Waals surface area contributed by atoms with Crippen LogP contribution in [-0.4, -0.2) is 76.6 Å². The van der Waals surface area contributed by atoms with Crippen LogP contribution in [0.5, 0.6) is 0 Å². The zero-order valence-corrected chi connectivity index (χ0v) is 27.5. The van der Waals surface area contributed by atoms with Crippen LogP contribution < -0.4 is 4.90 Å². The molecule has 2 saturated heterocycles. The highest BCUT2D eigenvalue weighted by Crippen LogP contribution is 2.35. The van der Waals surface area contributed by atoms with E-state index in [0.29, 0.717) is 85.8 Å². The van der Waals surface area contributed by atoms with Gasteiger partial charge >= 0.3 is 11.9 Å². The number of piperidine rings is 1. The molecule has 0 saturated carbocycles. The fourth-order valence-corrected chi connectivity index (χ4v) is 6.59. The predicted molar refractivity (Wildman–Crippen MR) is 180 cm³/mol. The first-order valence-electron chi connectivity index (χ1n) is 16.7. The van der Waals surface area contributed by atoms with Crippen LogP contribution in [0, 0.1) is 11.6 Å². The summed E-state index contributed by atoms with van der Waals surface area (Å²) in [7, 11) is 0. The third-order valence-electron chi connectivity index (χ3n) is 9.35. The topological polar surface area (TPSA) is 85.6 Å². The molecule has 2 aliphatic rings. The number of hydrogen-bond acceptors (Lipinski definition) is 8. The van der Waals surface area contributed by atoms with E-state index >= 15 is 8.78 Å². The summed E-state index contributed by atoms with van der Waals surface area (Å²) >= 11 is 0. The lowest BCUT2D eigenvalue weighted by atomic mass is 10.0. The first kappa shape index (κ1) is 33.6. The molecule has 0 aliphatic carbocycles. The Morgan fingerprint density at radius 1 is 0.960 bits per heavy atom. The number of esters is 1. The molecule has 2 aromatic heterocycles. The Bertz CT molecular complexity index is 1980. The highest BCUT2D eigenvalue weighted by Gasteiger charge is 2.43. The Morgan fingerprint density at radius 3 is 2.44 bits per heavy atom. The maximum absolute atomic E-state index is 15.3. The van der Waals surface area contributed by atoms with Gasteiger partial charge < -0.3 is 14.4 Å². The van der Waals surface area contributed by atoms with Crippen LogP contribution in [-0.2, 0) is 26.7 Å². The molecule has 0 amide bonds. The smallest absolute Gasteiger partial charge is 0.381 e. The van der Waals surface area contributed by atoms with Crippen molar-refractivity contribution in [2.45, 2.75) is 38.3 Å². The van der Waals surface area contributed by atoms with E-state index < -0.39 is 29.1 Å². The summed E-state index contributed by atoms with van der Waals surface area (Å²) in [6.07, 6.45) is 6.70. The Balaban J connectivity index is 1.07. The quantitative estimate of drug-likeness (QED) is 0.124. The predicted octanol–water partition coefficient (Wildman–Crippen LogP) is 6.77. The van der Waals surface area contributed by atoms with Gasteiger partial charge in [-0.1, -0.05) is 24.3 Å². The lowest BCUT2D eigenvalue weighted by Crippen LogP contribution is -2.36. The van der Waals surface area contributed by atoms with Crippen LogP contribution in [0.25, 0.3) is 33.4 Å². The van der Waals surface area contributed by atoms with Crippen LogP contribution in [0.1, 0.15) is 36.9 Å². The van der Waals surface area contributed by atoms with Crippen molar-refractivity contribution < 1.29 is 31.8 Å². The van der Waals surface area contributed by atoms with E-state index in [2.05, 4.69) is 14.8 Å². The number of ether oxygens (including phenoxy) is 2. The zero-order valence-electron chi connectivity index (χ0n) is 27.5. The SMILES string of the molecule is CCOC(=O)C(F)(F)c1cccc(N2CCC(n3cc(-c4cnc5cccc(-c6cc(F)c(CN7CCOCC7)c(F)c6)c5n4)cn3)CC2)c1. The molecule has 0 unspecified atom stereocenters. The van der Waals surface area contributed by atoms with Gasteiger partial charge in [-0.2, -0.15) is 13.9 Å². The van der Waals surface area contributed by atoms with Crippen LogP contribution in [0.2, 0.25) is 0 Å². The number of carbonyl (C=O) groups is 1. The molecular weight excluding hydrogens is 652 g/mol. The fourth-order valence-electron chi connectivity index (χ4n) is 6.59. The van der Waals surface area contributed by atoms with Crippen LogP contribution in [0.3, 0.4) is 0 Å². The molecule has 0 bridgehead atoms. The molecule has 13 heteroatoms. The van der Waals surface area contributed by atoms with Crippen molar-refractivity contribution in [1.82, 2.24) is 24.6 Å². The minimum absolute atomic E-state index is 0.0324. The van der Waals surface area contributed by atoms with Gasteiger partial charge in [0.15, 0.2) is 0 Å². The third-order valence-corrected chi connectivity index (χ3v) is 9.35. The second-order valence-electron chi connectivity index (χ2n) is 12.5. The number of benzene rings is 3. The number of halogens is 4. The normalized spacial score (nSPS) is 16.2. The Hall–Kier alpha value is -4.88. The van der Waals surface area contributed by atoms with Crippen LogP contribution in [0.4, 0.5) is 23.2 Å². The van der Waals surface area contributed by atoms with Crippen molar-refractivity contribution in [2.75, 3.05) is 50.9 Å². The average molecular weight is 689 g/mol. The summed E-state index contributed by atoms with van der Waals surface area (Å²) < 4.78 is 71.8. The minimum atomic E-state index is -3.73. The first-order valence-corrected chi connectivity index (χ1v) is 16.7. The van der Waals surface area contributed by atoms with E-state index in [1.54, 1.807) is 36.7 Å². The summed E-state index contributed by atoms with van der Waals surface area (Å²) in [4.78, 5) is 25.3. The largest absolute Gasteiger partial charge is 0.461 e. The number of aromatic nitrogens is 4. The molecule has 9 nitrogen and oxygen atoms in total. The number of nitrogens with zero attached hydrogens (tertiary/aromatic N) is 6. The van der Waals surface area contributed by atoms with Crippen LogP contribution >= 0.6 is 0 Å². The fraction of sp³-hybridized carbons (Fsp3) is 0.351. The third kappa shape index (κ3) is 6.79. The van der Waals surface area contributed by atoms with E-state index in [4.69, 9.17) is 9.72 Å². The molecule has 260 valence electrons. The van der Waals surface area contributed by atoms with Gasteiger partial charge in [-0.05, 0) is 55.7 Å². The molecule has 50 heavy (non-hydrogen) atoms. The van der Waals surface area contributed by atoms with Crippen molar-refractivity contribution >= 4 is 22.7 Å². The number of fused-ring (bicyclic) bond motifs is 1. The maximum Gasteiger partial charge on any atom is 0.381 e. The lowest BCUT2D eigenvalue weighted by molar-refractivity contribution is -0.173. The standard InChI is InChI=1S/C37H36F4N6O3/c1-2-50-36(48)37(40,41)26-5-3-6-28(19-26)46-11-9-27(10-12-46)47-22-25(20-43-47)34-21-42-33-8-4-7-29(35(33)44-34)24-17-31(38)30(32(39)18-24)23-45-13-15-49-16-14-45/h3-8,17-22,27H,2,9-16,23H2,1H3. The average Bonchev–Trinajstić information content (AvgIpc) is 3.64. The van der Waals surface area contributed by atoms with Gasteiger partial charge in [0.25, 0.3) is 0 Å². The Labute approximate surface area is 286 Å². The van der Waals surface area contributed by atoms with E-state index in [9.17, 15) is 13.6 Å². The van der Waals surface area contributed by atoms with Gasteiger partial charge in [0.2, 0.25) is 0 Å². The molecule has 0 radical (unpaired) electrons. The van der Waals surface area contributed by atoms with Gasteiger partial charge in [-0.3, -0.25) is 14.6 Å². The summed E-state index contributed by atoms with van der Waals surface area (Å²) in [5.74, 6) is -6.51.